The fourth-order valence-electron chi connectivity index (χ4n) is 5.07. The second kappa shape index (κ2) is 7.07. The number of anilines is 2. The number of hydrogen-bond donors (Lipinski definition) is 2. The molecule has 148 valence electrons. The Balaban J connectivity index is 1.90. The third-order valence-electron chi connectivity index (χ3n) is 6.49. The topological polar surface area (TPSA) is 24.1 Å². The summed E-state index contributed by atoms with van der Waals surface area (Å²) < 4.78 is 0. The summed E-state index contributed by atoms with van der Waals surface area (Å²) in [5.74, 6) is 0. The third-order valence-corrected chi connectivity index (χ3v) is 6.49. The molecule has 30 heavy (non-hydrogen) atoms. The SMILES string of the molecule is CNc1ccc(C2(c3ccc(NC)cc3)c3ccccc3-c3c(C)cccc32)cc1. The normalized spacial score (nSPS) is 13.4. The molecule has 0 atom stereocenters. The second-order valence-corrected chi connectivity index (χ2v) is 7.95. The van der Waals surface area contributed by atoms with Gasteiger partial charge in [-0.2, -0.15) is 0 Å². The van der Waals surface area contributed by atoms with E-state index in [9.17, 15) is 0 Å². The van der Waals surface area contributed by atoms with Crippen molar-refractivity contribution in [2.75, 3.05) is 24.7 Å². The van der Waals surface area contributed by atoms with Crippen molar-refractivity contribution in [3.8, 4) is 11.1 Å². The van der Waals surface area contributed by atoms with Gasteiger partial charge in [0.25, 0.3) is 0 Å². The van der Waals surface area contributed by atoms with Crippen LogP contribution >= 0.6 is 0 Å². The van der Waals surface area contributed by atoms with E-state index >= 15 is 0 Å². The molecule has 0 bridgehead atoms. The van der Waals surface area contributed by atoms with Gasteiger partial charge in [0.1, 0.15) is 0 Å². The van der Waals surface area contributed by atoms with Crippen molar-refractivity contribution in [1.29, 1.82) is 0 Å². The van der Waals surface area contributed by atoms with Crippen LogP contribution in [0.4, 0.5) is 11.4 Å². The van der Waals surface area contributed by atoms with Gasteiger partial charge in [-0.05, 0) is 70.1 Å². The molecule has 0 aliphatic heterocycles. The number of fused-ring (bicyclic) bond motifs is 3. The molecule has 2 N–H and O–H groups in total. The Labute approximate surface area is 178 Å². The molecule has 0 spiro atoms. The van der Waals surface area contributed by atoms with Crippen molar-refractivity contribution in [1.82, 2.24) is 0 Å². The lowest BCUT2D eigenvalue weighted by molar-refractivity contribution is 0.768. The fourth-order valence-corrected chi connectivity index (χ4v) is 5.07. The molecule has 2 nitrogen and oxygen atoms in total. The van der Waals surface area contributed by atoms with Crippen molar-refractivity contribution in [2.45, 2.75) is 12.3 Å². The number of hydrogen-bond acceptors (Lipinski definition) is 2. The van der Waals surface area contributed by atoms with Gasteiger partial charge in [0.05, 0.1) is 5.41 Å². The minimum absolute atomic E-state index is 0.337. The molecule has 1 aliphatic carbocycles. The molecule has 0 radical (unpaired) electrons. The molecule has 0 heterocycles. The Morgan fingerprint density at radius 1 is 0.567 bits per heavy atom. The van der Waals surface area contributed by atoms with Crippen LogP contribution in [0.1, 0.15) is 27.8 Å². The predicted molar refractivity (Wildman–Crippen MR) is 128 cm³/mol. The lowest BCUT2D eigenvalue weighted by Crippen LogP contribution is -2.28. The highest BCUT2D eigenvalue weighted by Crippen LogP contribution is 2.56. The van der Waals surface area contributed by atoms with E-state index in [0.717, 1.165) is 11.4 Å². The van der Waals surface area contributed by atoms with E-state index in [-0.39, 0.29) is 5.41 Å². The number of aryl methyl sites for hydroxylation is 1. The van der Waals surface area contributed by atoms with Crippen LogP contribution in [0, 0.1) is 6.92 Å². The maximum Gasteiger partial charge on any atom is 0.0713 e. The van der Waals surface area contributed by atoms with Gasteiger partial charge in [0.15, 0.2) is 0 Å². The van der Waals surface area contributed by atoms with Gasteiger partial charge < -0.3 is 10.6 Å². The van der Waals surface area contributed by atoms with Gasteiger partial charge >= 0.3 is 0 Å². The minimum atomic E-state index is -0.337. The quantitative estimate of drug-likeness (QED) is 0.369. The first-order valence-corrected chi connectivity index (χ1v) is 10.5. The molecular formula is C28H26N2. The molecule has 4 aromatic carbocycles. The van der Waals surface area contributed by atoms with Crippen molar-refractivity contribution >= 4 is 11.4 Å². The van der Waals surface area contributed by atoms with Gasteiger partial charge in [-0.15, -0.1) is 0 Å². The first kappa shape index (κ1) is 18.5. The highest BCUT2D eigenvalue weighted by atomic mass is 14.8. The van der Waals surface area contributed by atoms with E-state index in [4.69, 9.17) is 0 Å². The Hall–Kier alpha value is -3.52. The maximum atomic E-state index is 3.25. The first-order chi connectivity index (χ1) is 14.7. The predicted octanol–water partition coefficient (Wildman–Crippen LogP) is 6.44. The van der Waals surface area contributed by atoms with E-state index in [2.05, 4.69) is 109 Å². The number of benzene rings is 4. The Kier molecular flexibility index (Phi) is 4.36. The van der Waals surface area contributed by atoms with Gasteiger partial charge in [-0.3, -0.25) is 0 Å². The summed E-state index contributed by atoms with van der Waals surface area (Å²) in [7, 11) is 3.93. The molecule has 0 aromatic heterocycles. The van der Waals surface area contributed by atoms with Crippen LogP contribution < -0.4 is 10.6 Å². The van der Waals surface area contributed by atoms with Crippen molar-refractivity contribution < 1.29 is 0 Å². The summed E-state index contributed by atoms with van der Waals surface area (Å²) in [5.41, 5.74) is 11.2. The molecule has 5 rings (SSSR count). The molecule has 2 heteroatoms. The van der Waals surface area contributed by atoms with Crippen LogP contribution in [0.5, 0.6) is 0 Å². The van der Waals surface area contributed by atoms with E-state index in [1.54, 1.807) is 0 Å². The monoisotopic (exact) mass is 390 g/mol. The zero-order valence-electron chi connectivity index (χ0n) is 17.7. The van der Waals surface area contributed by atoms with Crippen LogP contribution in [0.2, 0.25) is 0 Å². The standard InChI is InChI=1S/C28H26N2/c1-19-7-6-10-26-27(19)24-8-4-5-9-25(24)28(26,20-11-15-22(29-2)16-12-20)21-13-17-23(30-3)18-14-21/h4-18,29-30H,1-3H3. The average molecular weight is 391 g/mol. The Bertz CT molecular complexity index is 1160. The van der Waals surface area contributed by atoms with Gasteiger partial charge in [0.2, 0.25) is 0 Å². The van der Waals surface area contributed by atoms with Crippen LogP contribution in [0.25, 0.3) is 11.1 Å². The average Bonchev–Trinajstić information content (AvgIpc) is 3.11. The maximum absolute atomic E-state index is 3.25. The largest absolute Gasteiger partial charge is 0.388 e. The van der Waals surface area contributed by atoms with Gasteiger partial charge in [-0.25, -0.2) is 0 Å². The van der Waals surface area contributed by atoms with Gasteiger partial charge in [0, 0.05) is 25.5 Å². The molecule has 0 saturated heterocycles. The zero-order chi connectivity index (χ0) is 20.7. The number of nitrogens with one attached hydrogen (secondary N) is 2. The molecule has 0 amide bonds. The van der Waals surface area contributed by atoms with Crippen LogP contribution in [0.15, 0.2) is 91.0 Å². The van der Waals surface area contributed by atoms with E-state index in [0.29, 0.717) is 0 Å². The molecule has 0 unspecified atom stereocenters. The summed E-state index contributed by atoms with van der Waals surface area (Å²) in [6, 6.07) is 33.4. The highest BCUT2D eigenvalue weighted by Gasteiger charge is 2.46. The molecular weight excluding hydrogens is 364 g/mol. The smallest absolute Gasteiger partial charge is 0.0713 e. The molecule has 0 saturated carbocycles. The lowest BCUT2D eigenvalue weighted by Gasteiger charge is -2.34. The summed E-state index contributed by atoms with van der Waals surface area (Å²) in [4.78, 5) is 0. The van der Waals surface area contributed by atoms with Crippen LogP contribution in [-0.4, -0.2) is 14.1 Å². The van der Waals surface area contributed by atoms with Crippen molar-refractivity contribution in [3.63, 3.8) is 0 Å². The van der Waals surface area contributed by atoms with E-state index < -0.39 is 0 Å². The Morgan fingerprint density at radius 3 is 1.67 bits per heavy atom. The third kappa shape index (κ3) is 2.50. The van der Waals surface area contributed by atoms with Crippen molar-refractivity contribution in [2.24, 2.45) is 0 Å². The van der Waals surface area contributed by atoms with E-state index in [1.807, 2.05) is 14.1 Å². The van der Waals surface area contributed by atoms with Crippen LogP contribution in [0.3, 0.4) is 0 Å². The summed E-state index contributed by atoms with van der Waals surface area (Å²) in [6.45, 7) is 2.22. The van der Waals surface area contributed by atoms with E-state index in [1.165, 1.54) is 38.9 Å². The fraction of sp³-hybridized carbons (Fsp3) is 0.143. The van der Waals surface area contributed by atoms with Crippen LogP contribution in [-0.2, 0) is 5.41 Å². The summed E-state index contributed by atoms with van der Waals surface area (Å²) in [5, 5.41) is 6.50. The summed E-state index contributed by atoms with van der Waals surface area (Å²) >= 11 is 0. The van der Waals surface area contributed by atoms with Crippen molar-refractivity contribution in [3.05, 3.63) is 119 Å². The molecule has 1 aliphatic rings. The van der Waals surface area contributed by atoms with Gasteiger partial charge in [-0.1, -0.05) is 66.7 Å². The lowest BCUT2D eigenvalue weighted by atomic mass is 9.67. The first-order valence-electron chi connectivity index (χ1n) is 10.5. The molecule has 0 fully saturated rings. The number of rotatable bonds is 4. The highest BCUT2D eigenvalue weighted by molar-refractivity contribution is 5.88. The minimum Gasteiger partial charge on any atom is -0.388 e. The Morgan fingerprint density at radius 2 is 1.10 bits per heavy atom. The summed E-state index contributed by atoms with van der Waals surface area (Å²) in [6.07, 6.45) is 0. The molecule has 4 aromatic rings. The zero-order valence-corrected chi connectivity index (χ0v) is 17.7. The second-order valence-electron chi connectivity index (χ2n) is 7.95.